The molecule has 29 heavy (non-hydrogen) atoms. The number of halogens is 1. The number of anilines is 1. The van der Waals surface area contributed by atoms with Gasteiger partial charge in [-0.2, -0.15) is 0 Å². The Labute approximate surface area is 172 Å². The first-order valence-corrected chi connectivity index (χ1v) is 9.32. The van der Waals surface area contributed by atoms with Gasteiger partial charge in [-0.05, 0) is 54.1 Å². The highest BCUT2D eigenvalue weighted by Gasteiger charge is 2.12. The van der Waals surface area contributed by atoms with E-state index in [-0.39, 0.29) is 11.1 Å². The SMILES string of the molecule is N=c1oc2ccc(Cl)cc2cc1C(=O)Nc1ccc(OCc2ccccc2)cc1. The minimum atomic E-state index is -0.432. The molecule has 5 nitrogen and oxygen atoms in total. The predicted octanol–water partition coefficient (Wildman–Crippen LogP) is 5.40. The summed E-state index contributed by atoms with van der Waals surface area (Å²) < 4.78 is 11.2. The molecule has 0 atom stereocenters. The molecule has 144 valence electrons. The topological polar surface area (TPSA) is 75.3 Å². The number of amides is 1. The molecule has 0 saturated carbocycles. The van der Waals surface area contributed by atoms with Gasteiger partial charge >= 0.3 is 0 Å². The summed E-state index contributed by atoms with van der Waals surface area (Å²) in [6.45, 7) is 0.468. The van der Waals surface area contributed by atoms with Gasteiger partial charge in [-0.15, -0.1) is 0 Å². The third-order valence-electron chi connectivity index (χ3n) is 4.33. The summed E-state index contributed by atoms with van der Waals surface area (Å²) >= 11 is 6.00. The highest BCUT2D eigenvalue weighted by atomic mass is 35.5. The van der Waals surface area contributed by atoms with E-state index in [4.69, 9.17) is 26.2 Å². The summed E-state index contributed by atoms with van der Waals surface area (Å²) in [5, 5.41) is 12.0. The lowest BCUT2D eigenvalue weighted by Gasteiger charge is -2.09. The fraction of sp³-hybridized carbons (Fsp3) is 0.0435. The van der Waals surface area contributed by atoms with Crippen LogP contribution < -0.4 is 15.6 Å². The lowest BCUT2D eigenvalue weighted by molar-refractivity contribution is 0.102. The highest BCUT2D eigenvalue weighted by Crippen LogP contribution is 2.20. The van der Waals surface area contributed by atoms with Gasteiger partial charge in [0.05, 0.1) is 0 Å². The minimum absolute atomic E-state index is 0.129. The predicted molar refractivity (Wildman–Crippen MR) is 112 cm³/mol. The van der Waals surface area contributed by atoms with Gasteiger partial charge in [-0.3, -0.25) is 10.2 Å². The first kappa shape index (κ1) is 18.8. The van der Waals surface area contributed by atoms with Gasteiger partial charge < -0.3 is 14.5 Å². The monoisotopic (exact) mass is 404 g/mol. The summed E-state index contributed by atoms with van der Waals surface area (Å²) in [5.41, 5.74) is 2.08. The summed E-state index contributed by atoms with van der Waals surface area (Å²) in [7, 11) is 0. The smallest absolute Gasteiger partial charge is 0.261 e. The van der Waals surface area contributed by atoms with Crippen LogP contribution in [0.3, 0.4) is 0 Å². The number of hydrogen-bond donors (Lipinski definition) is 2. The summed E-state index contributed by atoms with van der Waals surface area (Å²) in [6, 6.07) is 23.6. The largest absolute Gasteiger partial charge is 0.489 e. The third kappa shape index (κ3) is 4.47. The number of nitrogens with one attached hydrogen (secondary N) is 2. The number of ether oxygens (including phenoxy) is 1. The van der Waals surface area contributed by atoms with Gasteiger partial charge in [-0.1, -0.05) is 41.9 Å². The Hall–Kier alpha value is -3.57. The van der Waals surface area contributed by atoms with E-state index in [2.05, 4.69) is 5.32 Å². The summed E-state index contributed by atoms with van der Waals surface area (Å²) in [4.78, 5) is 12.6. The molecule has 6 heteroatoms. The molecule has 2 N–H and O–H groups in total. The number of hydrogen-bond acceptors (Lipinski definition) is 4. The van der Waals surface area contributed by atoms with Gasteiger partial charge in [0.2, 0.25) is 5.55 Å². The number of fused-ring (bicyclic) bond motifs is 1. The Morgan fingerprint density at radius 2 is 1.76 bits per heavy atom. The lowest BCUT2D eigenvalue weighted by Crippen LogP contribution is -2.20. The molecule has 0 aliphatic rings. The molecule has 3 aromatic carbocycles. The van der Waals surface area contributed by atoms with Crippen molar-refractivity contribution in [1.29, 1.82) is 5.41 Å². The van der Waals surface area contributed by atoms with Crippen LogP contribution in [0, 0.1) is 5.41 Å². The highest BCUT2D eigenvalue weighted by molar-refractivity contribution is 6.31. The van der Waals surface area contributed by atoms with E-state index in [1.54, 1.807) is 48.5 Å². The molecule has 0 fully saturated rings. The molecule has 4 aromatic rings. The van der Waals surface area contributed by atoms with Crippen molar-refractivity contribution in [2.45, 2.75) is 6.61 Å². The van der Waals surface area contributed by atoms with Crippen LogP contribution in [0.5, 0.6) is 5.75 Å². The van der Waals surface area contributed by atoms with E-state index in [9.17, 15) is 4.79 Å². The Kier molecular flexibility index (Phi) is 5.31. The molecule has 0 bridgehead atoms. The molecule has 1 amide bonds. The van der Waals surface area contributed by atoms with E-state index >= 15 is 0 Å². The van der Waals surface area contributed by atoms with Crippen molar-refractivity contribution in [2.75, 3.05) is 5.32 Å². The van der Waals surface area contributed by atoms with E-state index in [0.717, 1.165) is 5.56 Å². The van der Waals surface area contributed by atoms with Crippen LogP contribution >= 0.6 is 11.6 Å². The van der Waals surface area contributed by atoms with E-state index in [1.807, 2.05) is 30.3 Å². The summed E-state index contributed by atoms with van der Waals surface area (Å²) in [6.07, 6.45) is 0. The summed E-state index contributed by atoms with van der Waals surface area (Å²) in [5.74, 6) is 0.266. The van der Waals surface area contributed by atoms with Gasteiger partial charge in [0.25, 0.3) is 5.91 Å². The Morgan fingerprint density at radius 3 is 2.52 bits per heavy atom. The van der Waals surface area contributed by atoms with Crippen LogP contribution in [0.15, 0.2) is 83.3 Å². The van der Waals surface area contributed by atoms with Crippen LogP contribution in [0.2, 0.25) is 5.02 Å². The van der Waals surface area contributed by atoms with Crippen molar-refractivity contribution >= 4 is 34.2 Å². The number of rotatable bonds is 5. The van der Waals surface area contributed by atoms with E-state index < -0.39 is 5.91 Å². The van der Waals surface area contributed by atoms with Crippen molar-refractivity contribution in [3.8, 4) is 5.75 Å². The zero-order valence-corrected chi connectivity index (χ0v) is 16.1. The van der Waals surface area contributed by atoms with Crippen LogP contribution in [-0.2, 0) is 6.61 Å². The quantitative estimate of drug-likeness (QED) is 0.467. The van der Waals surface area contributed by atoms with Crippen LogP contribution in [0.1, 0.15) is 15.9 Å². The number of carbonyl (C=O) groups excluding carboxylic acids is 1. The second-order valence-electron chi connectivity index (χ2n) is 6.42. The molecule has 0 spiro atoms. The average molecular weight is 405 g/mol. The lowest BCUT2D eigenvalue weighted by atomic mass is 10.1. The zero-order chi connectivity index (χ0) is 20.2. The van der Waals surface area contributed by atoms with Gasteiger partial charge in [0, 0.05) is 16.1 Å². The maximum Gasteiger partial charge on any atom is 0.261 e. The second-order valence-corrected chi connectivity index (χ2v) is 6.86. The van der Waals surface area contributed by atoms with Gasteiger partial charge in [0.1, 0.15) is 23.5 Å². The first-order valence-electron chi connectivity index (χ1n) is 8.95. The third-order valence-corrected chi connectivity index (χ3v) is 4.57. The molecule has 1 aromatic heterocycles. The maximum absolute atomic E-state index is 12.6. The Bertz CT molecular complexity index is 1220. The maximum atomic E-state index is 12.6. The fourth-order valence-electron chi connectivity index (χ4n) is 2.85. The normalized spacial score (nSPS) is 10.7. The molecule has 0 saturated heterocycles. The van der Waals surface area contributed by atoms with Crippen molar-refractivity contribution in [3.63, 3.8) is 0 Å². The molecule has 0 aliphatic heterocycles. The Balaban J connectivity index is 1.46. The van der Waals surface area contributed by atoms with Gasteiger partial charge in [-0.25, -0.2) is 0 Å². The number of carbonyl (C=O) groups is 1. The van der Waals surface area contributed by atoms with Crippen molar-refractivity contribution < 1.29 is 13.9 Å². The zero-order valence-electron chi connectivity index (χ0n) is 15.3. The van der Waals surface area contributed by atoms with Crippen LogP contribution in [0.25, 0.3) is 11.0 Å². The molecule has 0 aliphatic carbocycles. The molecule has 4 rings (SSSR count). The first-order chi connectivity index (χ1) is 14.1. The molecule has 1 heterocycles. The molecular formula is C23H17ClN2O3. The minimum Gasteiger partial charge on any atom is -0.489 e. The number of benzene rings is 3. The van der Waals surface area contributed by atoms with E-state index in [1.165, 1.54) is 0 Å². The van der Waals surface area contributed by atoms with Crippen LogP contribution in [0.4, 0.5) is 5.69 Å². The van der Waals surface area contributed by atoms with Gasteiger partial charge in [0.15, 0.2) is 0 Å². The second kappa shape index (κ2) is 8.20. The standard InChI is InChI=1S/C23H17ClN2O3/c24-17-6-11-21-16(12-17)13-20(22(25)29-21)23(27)26-18-7-9-19(10-8-18)28-14-15-4-2-1-3-5-15/h1-13,25H,14H2,(H,26,27). The molecular weight excluding hydrogens is 388 g/mol. The van der Waals surface area contributed by atoms with Crippen LogP contribution in [-0.4, -0.2) is 5.91 Å². The average Bonchev–Trinajstić information content (AvgIpc) is 2.74. The molecule has 0 radical (unpaired) electrons. The molecule has 0 unspecified atom stereocenters. The van der Waals surface area contributed by atoms with Crippen molar-refractivity contribution in [2.24, 2.45) is 0 Å². The van der Waals surface area contributed by atoms with E-state index in [0.29, 0.717) is 34.0 Å². The Morgan fingerprint density at radius 1 is 1.00 bits per heavy atom. The van der Waals surface area contributed by atoms with Crippen molar-refractivity contribution in [3.05, 3.63) is 101 Å². The van der Waals surface area contributed by atoms with Crippen molar-refractivity contribution in [1.82, 2.24) is 0 Å². The fourth-order valence-corrected chi connectivity index (χ4v) is 3.03.